The van der Waals surface area contributed by atoms with E-state index in [1.807, 2.05) is 12.4 Å². The summed E-state index contributed by atoms with van der Waals surface area (Å²) in [4.78, 5) is 4.09. The van der Waals surface area contributed by atoms with Gasteiger partial charge in [-0.2, -0.15) is 0 Å². The maximum Gasteiger partial charge on any atom is 0.0299 e. The summed E-state index contributed by atoms with van der Waals surface area (Å²) in [6, 6.07) is 2.17. The Labute approximate surface area is 67.5 Å². The standard InChI is InChI=1S/C10H13N/c1-8-7-11-6-5-10(8)9-3-2-4-9/h5-7,9H,2-4H2,1H3. The number of pyridine rings is 1. The van der Waals surface area contributed by atoms with Gasteiger partial charge < -0.3 is 0 Å². The molecule has 1 heteroatoms. The van der Waals surface area contributed by atoms with Crippen LogP contribution in [0.5, 0.6) is 0 Å². The van der Waals surface area contributed by atoms with Gasteiger partial charge in [-0.1, -0.05) is 6.42 Å². The van der Waals surface area contributed by atoms with Crippen LogP contribution in [0.2, 0.25) is 0 Å². The summed E-state index contributed by atoms with van der Waals surface area (Å²) in [6.07, 6.45) is 8.04. The number of hydrogen-bond acceptors (Lipinski definition) is 1. The minimum absolute atomic E-state index is 0.845. The highest BCUT2D eigenvalue weighted by molar-refractivity contribution is 5.27. The summed E-state index contributed by atoms with van der Waals surface area (Å²) in [7, 11) is 0. The van der Waals surface area contributed by atoms with Crippen LogP contribution in [0, 0.1) is 6.92 Å². The summed E-state index contributed by atoms with van der Waals surface area (Å²) in [5, 5.41) is 0. The van der Waals surface area contributed by atoms with Gasteiger partial charge in [0.2, 0.25) is 0 Å². The van der Waals surface area contributed by atoms with Crippen molar-refractivity contribution in [3.05, 3.63) is 29.6 Å². The molecule has 0 amide bonds. The van der Waals surface area contributed by atoms with Crippen molar-refractivity contribution in [3.8, 4) is 0 Å². The highest BCUT2D eigenvalue weighted by Gasteiger charge is 2.20. The first-order chi connectivity index (χ1) is 5.38. The number of aromatic nitrogens is 1. The lowest BCUT2D eigenvalue weighted by Crippen LogP contribution is -2.10. The Morgan fingerprint density at radius 1 is 1.45 bits per heavy atom. The zero-order valence-electron chi connectivity index (χ0n) is 6.88. The molecule has 0 aliphatic heterocycles. The van der Waals surface area contributed by atoms with Gasteiger partial charge in [0.25, 0.3) is 0 Å². The lowest BCUT2D eigenvalue weighted by molar-refractivity contribution is 0.418. The molecule has 0 unspecified atom stereocenters. The topological polar surface area (TPSA) is 12.9 Å². The molecule has 1 fully saturated rings. The van der Waals surface area contributed by atoms with Crippen molar-refractivity contribution in [2.24, 2.45) is 0 Å². The maximum absolute atomic E-state index is 4.09. The summed E-state index contributed by atoms with van der Waals surface area (Å²) < 4.78 is 0. The van der Waals surface area contributed by atoms with Crippen molar-refractivity contribution in [3.63, 3.8) is 0 Å². The molecule has 1 heterocycles. The van der Waals surface area contributed by atoms with E-state index in [0.29, 0.717) is 0 Å². The van der Waals surface area contributed by atoms with Gasteiger partial charge in [0.05, 0.1) is 0 Å². The van der Waals surface area contributed by atoms with Crippen LogP contribution in [0.25, 0.3) is 0 Å². The molecule has 1 aromatic rings. The number of rotatable bonds is 1. The highest BCUT2D eigenvalue weighted by atomic mass is 14.6. The van der Waals surface area contributed by atoms with Gasteiger partial charge in [-0.25, -0.2) is 0 Å². The van der Waals surface area contributed by atoms with Gasteiger partial charge in [-0.15, -0.1) is 0 Å². The first-order valence-corrected chi connectivity index (χ1v) is 4.28. The molecule has 0 saturated heterocycles. The van der Waals surface area contributed by atoms with Crippen LogP contribution >= 0.6 is 0 Å². The van der Waals surface area contributed by atoms with E-state index in [2.05, 4.69) is 18.0 Å². The first-order valence-electron chi connectivity index (χ1n) is 4.28. The third kappa shape index (κ3) is 1.15. The number of aryl methyl sites for hydroxylation is 1. The van der Waals surface area contributed by atoms with E-state index < -0.39 is 0 Å². The fraction of sp³-hybridized carbons (Fsp3) is 0.500. The Bertz CT molecular complexity index is 251. The van der Waals surface area contributed by atoms with Crippen molar-refractivity contribution in [1.82, 2.24) is 4.98 Å². The zero-order chi connectivity index (χ0) is 7.68. The summed E-state index contributed by atoms with van der Waals surface area (Å²) in [5.41, 5.74) is 2.88. The smallest absolute Gasteiger partial charge is 0.0299 e. The van der Waals surface area contributed by atoms with Crippen LogP contribution in [0.1, 0.15) is 36.3 Å². The van der Waals surface area contributed by atoms with Gasteiger partial charge in [0, 0.05) is 12.4 Å². The number of nitrogens with zero attached hydrogens (tertiary/aromatic N) is 1. The predicted octanol–water partition coefficient (Wildman–Crippen LogP) is 2.66. The monoisotopic (exact) mass is 147 g/mol. The van der Waals surface area contributed by atoms with Crippen LogP contribution in [0.15, 0.2) is 18.5 Å². The molecule has 58 valence electrons. The molecule has 0 atom stereocenters. The lowest BCUT2D eigenvalue weighted by atomic mass is 9.79. The number of hydrogen-bond donors (Lipinski definition) is 0. The quantitative estimate of drug-likeness (QED) is 0.595. The van der Waals surface area contributed by atoms with Crippen molar-refractivity contribution in [2.45, 2.75) is 32.1 Å². The second-order valence-corrected chi connectivity index (χ2v) is 3.36. The average molecular weight is 147 g/mol. The molecule has 1 aliphatic rings. The van der Waals surface area contributed by atoms with E-state index in [9.17, 15) is 0 Å². The van der Waals surface area contributed by atoms with Crippen molar-refractivity contribution < 1.29 is 0 Å². The molecule has 1 aliphatic carbocycles. The van der Waals surface area contributed by atoms with E-state index in [0.717, 1.165) is 5.92 Å². The minimum Gasteiger partial charge on any atom is -0.264 e. The molecule has 0 aromatic carbocycles. The largest absolute Gasteiger partial charge is 0.264 e. The Kier molecular flexibility index (Phi) is 1.65. The van der Waals surface area contributed by atoms with Crippen LogP contribution in [-0.2, 0) is 0 Å². The Balaban J connectivity index is 2.28. The maximum atomic E-state index is 4.09. The molecule has 11 heavy (non-hydrogen) atoms. The van der Waals surface area contributed by atoms with E-state index in [4.69, 9.17) is 0 Å². The van der Waals surface area contributed by atoms with Gasteiger partial charge in [-0.3, -0.25) is 4.98 Å². The third-order valence-corrected chi connectivity index (χ3v) is 2.61. The fourth-order valence-electron chi connectivity index (χ4n) is 1.66. The van der Waals surface area contributed by atoms with E-state index in [1.165, 1.54) is 30.4 Å². The molecule has 0 radical (unpaired) electrons. The molecule has 1 nitrogen and oxygen atoms in total. The Morgan fingerprint density at radius 3 is 2.82 bits per heavy atom. The molecule has 1 saturated carbocycles. The molecule has 2 rings (SSSR count). The predicted molar refractivity (Wildman–Crippen MR) is 45.6 cm³/mol. The SMILES string of the molecule is Cc1cnccc1C1CCC1. The van der Waals surface area contributed by atoms with E-state index in [-0.39, 0.29) is 0 Å². The highest BCUT2D eigenvalue weighted by Crippen LogP contribution is 2.37. The Hall–Kier alpha value is -0.850. The summed E-state index contributed by atoms with van der Waals surface area (Å²) in [6.45, 7) is 2.15. The molecule has 0 bridgehead atoms. The van der Waals surface area contributed by atoms with Crippen molar-refractivity contribution in [1.29, 1.82) is 0 Å². The normalized spacial score (nSPS) is 17.9. The van der Waals surface area contributed by atoms with E-state index >= 15 is 0 Å². The van der Waals surface area contributed by atoms with E-state index in [1.54, 1.807) is 0 Å². The molecule has 0 spiro atoms. The van der Waals surface area contributed by atoms with Crippen molar-refractivity contribution >= 4 is 0 Å². The van der Waals surface area contributed by atoms with Crippen LogP contribution in [0.3, 0.4) is 0 Å². The molecule has 1 aromatic heterocycles. The lowest BCUT2D eigenvalue weighted by Gasteiger charge is -2.26. The molecular weight excluding hydrogens is 134 g/mol. The molecular formula is C10H13N. The third-order valence-electron chi connectivity index (χ3n) is 2.61. The minimum atomic E-state index is 0.845. The van der Waals surface area contributed by atoms with Crippen LogP contribution in [-0.4, -0.2) is 4.98 Å². The average Bonchev–Trinajstić information content (AvgIpc) is 1.90. The first kappa shape index (κ1) is 6.84. The fourth-order valence-corrected chi connectivity index (χ4v) is 1.66. The second-order valence-electron chi connectivity index (χ2n) is 3.36. The van der Waals surface area contributed by atoms with Gasteiger partial charge in [0.15, 0.2) is 0 Å². The Morgan fingerprint density at radius 2 is 2.27 bits per heavy atom. The second kappa shape index (κ2) is 2.65. The van der Waals surface area contributed by atoms with Gasteiger partial charge in [0.1, 0.15) is 0 Å². The van der Waals surface area contributed by atoms with Crippen LogP contribution in [0.4, 0.5) is 0 Å². The zero-order valence-corrected chi connectivity index (χ0v) is 6.88. The summed E-state index contributed by atoms with van der Waals surface area (Å²) in [5.74, 6) is 0.845. The van der Waals surface area contributed by atoms with Gasteiger partial charge >= 0.3 is 0 Å². The van der Waals surface area contributed by atoms with Crippen molar-refractivity contribution in [2.75, 3.05) is 0 Å². The molecule has 0 N–H and O–H groups in total. The summed E-state index contributed by atoms with van der Waals surface area (Å²) >= 11 is 0. The van der Waals surface area contributed by atoms with Gasteiger partial charge in [-0.05, 0) is 42.9 Å². The van der Waals surface area contributed by atoms with Crippen LogP contribution < -0.4 is 0 Å².